The Labute approximate surface area is 288 Å². The van der Waals surface area contributed by atoms with Gasteiger partial charge < -0.3 is 28.9 Å². The Morgan fingerprint density at radius 1 is 0.438 bits per heavy atom. The fourth-order valence-electron chi connectivity index (χ4n) is 6.00. The van der Waals surface area contributed by atoms with Crippen molar-refractivity contribution < 1.29 is 43.0 Å². The number of rotatable bonds is 9. The maximum atomic E-state index is 14.1. The van der Waals surface area contributed by atoms with Gasteiger partial charge in [0.15, 0.2) is 18.3 Å². The molecule has 0 aromatic rings. The highest BCUT2D eigenvalue weighted by atomic mass is 16.6. The molecule has 0 aliphatic carbocycles. The molecular formula is C36H63N3O9. The van der Waals surface area contributed by atoms with Gasteiger partial charge in [-0.1, -0.05) is 102 Å². The van der Waals surface area contributed by atoms with Crippen molar-refractivity contribution in [2.45, 2.75) is 139 Å². The summed E-state index contributed by atoms with van der Waals surface area (Å²) in [6.07, 6.45) is -2.32. The monoisotopic (exact) mass is 681 g/mol. The molecule has 1 rings (SSSR count). The molecular weight excluding hydrogens is 618 g/mol. The summed E-state index contributed by atoms with van der Waals surface area (Å²) in [5, 5.41) is 0. The van der Waals surface area contributed by atoms with E-state index in [4.69, 9.17) is 14.2 Å². The summed E-state index contributed by atoms with van der Waals surface area (Å²) in [5.41, 5.74) is 0. The van der Waals surface area contributed by atoms with Crippen molar-refractivity contribution in [2.75, 3.05) is 21.1 Å². The Morgan fingerprint density at radius 3 is 0.771 bits per heavy atom. The number of ether oxygens (including phenoxy) is 3. The van der Waals surface area contributed by atoms with Crippen LogP contribution in [-0.2, 0) is 43.0 Å². The van der Waals surface area contributed by atoms with Gasteiger partial charge in [0.2, 0.25) is 0 Å². The highest BCUT2D eigenvalue weighted by Gasteiger charge is 2.46. The minimum absolute atomic E-state index is 0.381. The van der Waals surface area contributed by atoms with E-state index in [0.29, 0.717) is 19.3 Å². The van der Waals surface area contributed by atoms with Crippen molar-refractivity contribution >= 4 is 35.6 Å². The van der Waals surface area contributed by atoms with E-state index in [0.717, 1.165) is 0 Å². The maximum Gasteiger partial charge on any atom is 0.329 e. The number of hydrogen-bond donors (Lipinski definition) is 0. The van der Waals surface area contributed by atoms with Gasteiger partial charge >= 0.3 is 17.9 Å². The lowest BCUT2D eigenvalue weighted by Gasteiger charge is -2.39. The van der Waals surface area contributed by atoms with E-state index in [1.54, 1.807) is 62.3 Å². The van der Waals surface area contributed by atoms with Gasteiger partial charge in [-0.25, -0.2) is 14.4 Å². The van der Waals surface area contributed by atoms with Crippen molar-refractivity contribution in [3.8, 4) is 0 Å². The van der Waals surface area contributed by atoms with Crippen molar-refractivity contribution in [2.24, 2.45) is 35.5 Å². The maximum absolute atomic E-state index is 14.1. The number of cyclic esters (lactones) is 3. The van der Waals surface area contributed by atoms with E-state index in [2.05, 4.69) is 0 Å². The Kier molecular flexibility index (Phi) is 16.6. The fraction of sp³-hybridized carbons (Fsp3) is 0.833. The third kappa shape index (κ3) is 9.94. The molecule has 0 aromatic carbocycles. The van der Waals surface area contributed by atoms with Crippen LogP contribution in [0.3, 0.4) is 0 Å². The summed E-state index contributed by atoms with van der Waals surface area (Å²) in [7, 11) is 4.39. The molecule has 0 bridgehead atoms. The standard InChI is InChI=1S/C36H63N3O9/c1-16-22(10)25-34(43)46-29(20(6)7)32(41)38(14)27(24(12)18-3)36(45)48-30(21(8)9)33(42)39(15)26(23(11)17-2)35(44)47-28(19(4)5)31(40)37(25)13/h19-30H,16-18H2,1-15H3/t22-,23-,24-,25+,26+,27+,28-,29-,30-/m1/s1. The topological polar surface area (TPSA) is 140 Å². The summed E-state index contributed by atoms with van der Waals surface area (Å²) in [4.78, 5) is 87.8. The molecule has 276 valence electrons. The second-order valence-electron chi connectivity index (χ2n) is 14.6. The molecule has 12 nitrogen and oxygen atoms in total. The lowest BCUT2D eigenvalue weighted by atomic mass is 9.94. The number of likely N-dealkylation sites (N-methyl/N-ethyl adjacent to an activating group) is 3. The van der Waals surface area contributed by atoms with Gasteiger partial charge in [-0.2, -0.15) is 0 Å². The zero-order valence-electron chi connectivity index (χ0n) is 32.1. The lowest BCUT2D eigenvalue weighted by Crippen LogP contribution is -2.58. The molecule has 3 amide bonds. The van der Waals surface area contributed by atoms with Crippen LogP contribution < -0.4 is 0 Å². The van der Waals surface area contributed by atoms with Crippen LogP contribution in [0.1, 0.15) is 102 Å². The van der Waals surface area contributed by atoms with E-state index in [1.807, 2.05) is 20.8 Å². The molecule has 0 spiro atoms. The van der Waals surface area contributed by atoms with Crippen molar-refractivity contribution in [1.82, 2.24) is 14.7 Å². The summed E-state index contributed by atoms with van der Waals surface area (Å²) in [5.74, 6) is -6.73. The summed E-state index contributed by atoms with van der Waals surface area (Å²) >= 11 is 0. The van der Waals surface area contributed by atoms with Gasteiger partial charge in [0.1, 0.15) is 18.1 Å². The molecule has 1 saturated heterocycles. The van der Waals surface area contributed by atoms with E-state index in [1.165, 1.54) is 35.8 Å². The lowest BCUT2D eigenvalue weighted by molar-refractivity contribution is -0.182. The van der Waals surface area contributed by atoms with Crippen LogP contribution in [0.2, 0.25) is 0 Å². The fourth-order valence-corrected chi connectivity index (χ4v) is 6.00. The van der Waals surface area contributed by atoms with E-state index in [-0.39, 0.29) is 17.8 Å². The van der Waals surface area contributed by atoms with Crippen LogP contribution in [0.15, 0.2) is 0 Å². The zero-order chi connectivity index (χ0) is 37.4. The van der Waals surface area contributed by atoms with E-state index < -0.39 is 89.8 Å². The average molecular weight is 682 g/mol. The van der Waals surface area contributed by atoms with Crippen LogP contribution in [0.4, 0.5) is 0 Å². The molecule has 1 aliphatic rings. The van der Waals surface area contributed by atoms with Gasteiger partial charge in [0.25, 0.3) is 17.7 Å². The molecule has 48 heavy (non-hydrogen) atoms. The smallest absolute Gasteiger partial charge is 0.329 e. The third-order valence-corrected chi connectivity index (χ3v) is 9.84. The number of carbonyl (C=O) groups excluding carboxylic acids is 6. The molecule has 0 N–H and O–H groups in total. The van der Waals surface area contributed by atoms with Crippen LogP contribution >= 0.6 is 0 Å². The number of nitrogens with zero attached hydrogens (tertiary/aromatic N) is 3. The minimum Gasteiger partial charge on any atom is -0.450 e. The summed E-state index contributed by atoms with van der Waals surface area (Å²) in [6, 6.07) is -3.30. The molecule has 1 aliphatic heterocycles. The Bertz CT molecular complexity index is 1000. The van der Waals surface area contributed by atoms with Crippen LogP contribution in [0.5, 0.6) is 0 Å². The average Bonchev–Trinajstić information content (AvgIpc) is 3.02. The van der Waals surface area contributed by atoms with Crippen LogP contribution in [-0.4, -0.2) is 108 Å². The largest absolute Gasteiger partial charge is 0.450 e. The summed E-state index contributed by atoms with van der Waals surface area (Å²) < 4.78 is 17.8. The van der Waals surface area contributed by atoms with E-state index in [9.17, 15) is 28.8 Å². The Morgan fingerprint density at radius 2 is 0.625 bits per heavy atom. The van der Waals surface area contributed by atoms with Gasteiger partial charge in [0, 0.05) is 21.1 Å². The molecule has 0 unspecified atom stereocenters. The van der Waals surface area contributed by atoms with Gasteiger partial charge in [-0.15, -0.1) is 0 Å². The molecule has 0 saturated carbocycles. The highest BCUT2D eigenvalue weighted by Crippen LogP contribution is 2.27. The molecule has 0 aromatic heterocycles. The first-order chi connectivity index (χ1) is 22.2. The zero-order valence-corrected chi connectivity index (χ0v) is 32.1. The first-order valence-electron chi connectivity index (χ1n) is 17.6. The predicted molar refractivity (Wildman–Crippen MR) is 182 cm³/mol. The second kappa shape index (κ2) is 18.5. The molecule has 1 fully saturated rings. The third-order valence-electron chi connectivity index (χ3n) is 9.84. The first kappa shape index (κ1) is 42.8. The number of hydrogen-bond acceptors (Lipinski definition) is 9. The van der Waals surface area contributed by atoms with Gasteiger partial charge in [-0.05, 0) is 35.5 Å². The molecule has 1 heterocycles. The van der Waals surface area contributed by atoms with Crippen molar-refractivity contribution in [3.63, 3.8) is 0 Å². The SMILES string of the molecule is CC[C@@H](C)[C@H]1C(=O)O[C@H](C(C)C)C(=O)N(C)[C@@H]([C@H](C)CC)C(=O)O[C@H](C(C)C)C(=O)N(C)[C@@H]([C@H](C)CC)C(=O)O[C@H](C(C)C)C(=O)N1C. The van der Waals surface area contributed by atoms with E-state index >= 15 is 0 Å². The van der Waals surface area contributed by atoms with Gasteiger partial charge in [-0.3, -0.25) is 14.4 Å². The number of amides is 3. The normalized spacial score (nSPS) is 28.2. The predicted octanol–water partition coefficient (Wildman–Crippen LogP) is 4.32. The highest BCUT2D eigenvalue weighted by molar-refractivity contribution is 5.94. The number of esters is 3. The van der Waals surface area contributed by atoms with Crippen LogP contribution in [0, 0.1) is 35.5 Å². The first-order valence-corrected chi connectivity index (χ1v) is 17.6. The van der Waals surface area contributed by atoms with Gasteiger partial charge in [0.05, 0.1) is 0 Å². The van der Waals surface area contributed by atoms with Crippen molar-refractivity contribution in [3.05, 3.63) is 0 Å². The number of carbonyl (C=O) groups is 6. The quantitative estimate of drug-likeness (QED) is 0.257. The minimum atomic E-state index is -1.28. The Balaban J connectivity index is 4.04. The second-order valence-corrected chi connectivity index (χ2v) is 14.6. The summed E-state index contributed by atoms with van der Waals surface area (Å²) in [6.45, 7) is 21.4. The molecule has 9 atom stereocenters. The Hall–Kier alpha value is -3.18. The van der Waals surface area contributed by atoms with Crippen LogP contribution in [0.25, 0.3) is 0 Å². The molecule has 0 radical (unpaired) electrons. The molecule has 12 heteroatoms. The van der Waals surface area contributed by atoms with Crippen molar-refractivity contribution in [1.29, 1.82) is 0 Å².